The summed E-state index contributed by atoms with van der Waals surface area (Å²) in [5.41, 5.74) is 0.706. The molecule has 2 rings (SSSR count). The molecule has 31 heavy (non-hydrogen) atoms. The number of nitrogens with one attached hydrogen (secondary N) is 1. The number of carbonyl (C=O) groups excluding carboxylic acids is 3. The first-order valence-electron chi connectivity index (χ1n) is 10.4. The number of likely N-dealkylation sites (tertiary alicyclic amines) is 1. The average Bonchev–Trinajstić information content (AvgIpc) is 2.76. The zero-order chi connectivity index (χ0) is 23.0. The van der Waals surface area contributed by atoms with Gasteiger partial charge in [0.15, 0.2) is 12.4 Å². The van der Waals surface area contributed by atoms with Gasteiger partial charge in [-0.05, 0) is 37.5 Å². The molecule has 1 fully saturated rings. The Kier molecular flexibility index (Phi) is 8.74. The summed E-state index contributed by atoms with van der Waals surface area (Å²) in [6, 6.07) is 8.47. The highest BCUT2D eigenvalue weighted by atomic mass is 16.5. The van der Waals surface area contributed by atoms with E-state index in [1.54, 1.807) is 30.2 Å². The van der Waals surface area contributed by atoms with E-state index in [-0.39, 0.29) is 18.0 Å². The van der Waals surface area contributed by atoms with Crippen LogP contribution in [0.2, 0.25) is 0 Å². The maximum atomic E-state index is 12.9. The van der Waals surface area contributed by atoms with Crippen LogP contribution in [0.15, 0.2) is 24.3 Å². The van der Waals surface area contributed by atoms with Crippen LogP contribution in [0.25, 0.3) is 0 Å². The van der Waals surface area contributed by atoms with Gasteiger partial charge in [-0.3, -0.25) is 14.4 Å². The van der Waals surface area contributed by atoms with Crippen LogP contribution >= 0.6 is 0 Å². The standard InChI is InChI=1S/C23H29N3O5/c1-4-5-12-26-21(28)11-10-18(22(26)16-6-8-17(30-3)9-7-16)23(29)31-14-20(27)19(13-24)15(2)25/h6-9,18-19,22,25H,4-5,10-12,14H2,1-3H3/t18-,19+,22-/m0/s1. The Hall–Kier alpha value is -3.21. The molecular formula is C23H29N3O5. The average molecular weight is 428 g/mol. The van der Waals surface area contributed by atoms with Crippen molar-refractivity contribution < 1.29 is 23.9 Å². The number of methoxy groups -OCH3 is 1. The maximum absolute atomic E-state index is 12.9. The van der Waals surface area contributed by atoms with Crippen LogP contribution in [-0.2, 0) is 19.1 Å². The summed E-state index contributed by atoms with van der Waals surface area (Å²) in [5.74, 6) is -2.41. The van der Waals surface area contributed by atoms with Crippen LogP contribution in [0.3, 0.4) is 0 Å². The van der Waals surface area contributed by atoms with Crippen molar-refractivity contribution in [2.24, 2.45) is 11.8 Å². The predicted octanol–water partition coefficient (Wildman–Crippen LogP) is 3.07. The molecule has 0 radical (unpaired) electrons. The van der Waals surface area contributed by atoms with Crippen molar-refractivity contribution in [1.29, 1.82) is 10.7 Å². The van der Waals surface area contributed by atoms with Gasteiger partial charge < -0.3 is 19.8 Å². The van der Waals surface area contributed by atoms with E-state index in [2.05, 4.69) is 0 Å². The van der Waals surface area contributed by atoms with Crippen molar-refractivity contribution in [1.82, 2.24) is 4.90 Å². The predicted molar refractivity (Wildman–Crippen MR) is 114 cm³/mol. The van der Waals surface area contributed by atoms with Crippen LogP contribution in [0.4, 0.5) is 0 Å². The van der Waals surface area contributed by atoms with Gasteiger partial charge >= 0.3 is 5.97 Å². The molecule has 1 aromatic rings. The molecule has 0 spiro atoms. The summed E-state index contributed by atoms with van der Waals surface area (Å²) in [5, 5.41) is 16.6. The van der Waals surface area contributed by atoms with Gasteiger partial charge in [0.05, 0.1) is 25.1 Å². The molecule has 0 bridgehead atoms. The highest BCUT2D eigenvalue weighted by Gasteiger charge is 2.41. The normalized spacial score (nSPS) is 19.3. The molecule has 0 saturated carbocycles. The topological polar surface area (TPSA) is 121 Å². The summed E-state index contributed by atoms with van der Waals surface area (Å²) < 4.78 is 10.5. The summed E-state index contributed by atoms with van der Waals surface area (Å²) in [4.78, 5) is 39.5. The number of benzene rings is 1. The van der Waals surface area contributed by atoms with E-state index >= 15 is 0 Å². The first kappa shape index (κ1) is 24.1. The largest absolute Gasteiger partial charge is 0.497 e. The van der Waals surface area contributed by atoms with Crippen LogP contribution in [0.1, 0.15) is 51.1 Å². The molecule has 1 amide bonds. The van der Waals surface area contributed by atoms with E-state index in [0.717, 1.165) is 18.4 Å². The lowest BCUT2D eigenvalue weighted by molar-refractivity contribution is -0.159. The summed E-state index contributed by atoms with van der Waals surface area (Å²) in [6.45, 7) is 3.36. The monoisotopic (exact) mass is 427 g/mol. The summed E-state index contributed by atoms with van der Waals surface area (Å²) >= 11 is 0. The molecule has 0 aromatic heterocycles. The molecule has 8 nitrogen and oxygen atoms in total. The Morgan fingerprint density at radius 2 is 2.00 bits per heavy atom. The second-order valence-corrected chi connectivity index (χ2v) is 7.62. The Balaban J connectivity index is 2.25. The van der Waals surface area contributed by atoms with Gasteiger partial charge in [-0.2, -0.15) is 5.26 Å². The van der Waals surface area contributed by atoms with E-state index in [0.29, 0.717) is 18.7 Å². The lowest BCUT2D eigenvalue weighted by Crippen LogP contribution is -2.46. The van der Waals surface area contributed by atoms with Crippen LogP contribution in [0, 0.1) is 28.6 Å². The number of ether oxygens (including phenoxy) is 2. The van der Waals surface area contributed by atoms with Crippen molar-refractivity contribution in [3.05, 3.63) is 29.8 Å². The Labute approximate surface area is 182 Å². The fraction of sp³-hybridized carbons (Fsp3) is 0.522. The van der Waals surface area contributed by atoms with Crippen molar-refractivity contribution >= 4 is 23.4 Å². The molecule has 1 saturated heterocycles. The smallest absolute Gasteiger partial charge is 0.311 e. The second kappa shape index (κ2) is 11.3. The molecule has 1 N–H and O–H groups in total. The van der Waals surface area contributed by atoms with Crippen molar-refractivity contribution in [2.45, 2.75) is 45.6 Å². The summed E-state index contributed by atoms with van der Waals surface area (Å²) in [6.07, 6.45) is 2.25. The van der Waals surface area contributed by atoms with Gasteiger partial charge in [-0.1, -0.05) is 25.5 Å². The number of esters is 1. The van der Waals surface area contributed by atoms with Crippen molar-refractivity contribution in [3.63, 3.8) is 0 Å². The zero-order valence-electron chi connectivity index (χ0n) is 18.2. The molecule has 3 atom stereocenters. The Morgan fingerprint density at radius 3 is 2.55 bits per heavy atom. The van der Waals surface area contributed by atoms with E-state index in [1.807, 2.05) is 19.1 Å². The first-order chi connectivity index (χ1) is 14.8. The first-order valence-corrected chi connectivity index (χ1v) is 10.4. The van der Waals surface area contributed by atoms with Crippen LogP contribution in [-0.4, -0.2) is 48.5 Å². The van der Waals surface area contributed by atoms with Gasteiger partial charge in [0.1, 0.15) is 11.7 Å². The minimum atomic E-state index is -1.22. The third-order valence-corrected chi connectivity index (χ3v) is 5.46. The van der Waals surface area contributed by atoms with Crippen LogP contribution in [0.5, 0.6) is 5.75 Å². The number of Topliss-reactive ketones (excluding diaryl/α,β-unsaturated/α-hetero) is 1. The molecule has 1 aliphatic heterocycles. The van der Waals surface area contributed by atoms with E-state index in [1.165, 1.54) is 6.92 Å². The van der Waals surface area contributed by atoms with E-state index < -0.39 is 36.2 Å². The molecule has 0 aliphatic carbocycles. The third-order valence-electron chi connectivity index (χ3n) is 5.46. The second-order valence-electron chi connectivity index (χ2n) is 7.62. The molecular weight excluding hydrogens is 398 g/mol. The van der Waals surface area contributed by atoms with E-state index in [4.69, 9.17) is 20.1 Å². The number of hydrogen-bond acceptors (Lipinski definition) is 7. The molecule has 1 aliphatic rings. The number of carbonyl (C=O) groups is 3. The van der Waals surface area contributed by atoms with Crippen LogP contribution < -0.4 is 4.74 Å². The third kappa shape index (κ3) is 5.91. The van der Waals surface area contributed by atoms with Crippen molar-refractivity contribution in [3.8, 4) is 11.8 Å². The number of piperidine rings is 1. The minimum absolute atomic E-state index is 0.0154. The SMILES string of the molecule is CCCCN1C(=O)CC[C@H](C(=O)OCC(=O)[C@H](C#N)C(C)=N)[C@@H]1c1ccc(OC)cc1. The Bertz CT molecular complexity index is 859. The molecule has 1 heterocycles. The van der Waals surface area contributed by atoms with Crippen molar-refractivity contribution in [2.75, 3.05) is 20.3 Å². The van der Waals surface area contributed by atoms with Gasteiger partial charge in [0.25, 0.3) is 0 Å². The Morgan fingerprint density at radius 1 is 1.32 bits per heavy atom. The number of ketones is 1. The van der Waals surface area contributed by atoms with Gasteiger partial charge in [-0.25, -0.2) is 0 Å². The summed E-state index contributed by atoms with van der Waals surface area (Å²) in [7, 11) is 1.56. The highest BCUT2D eigenvalue weighted by molar-refractivity contribution is 6.06. The number of nitriles is 1. The minimum Gasteiger partial charge on any atom is -0.497 e. The zero-order valence-corrected chi connectivity index (χ0v) is 18.2. The van der Waals surface area contributed by atoms with Gasteiger partial charge in [0.2, 0.25) is 5.91 Å². The molecule has 166 valence electrons. The molecule has 1 aromatic carbocycles. The number of hydrogen-bond donors (Lipinski definition) is 1. The number of unbranched alkanes of at least 4 members (excludes halogenated alkanes) is 1. The van der Waals surface area contributed by atoms with E-state index in [9.17, 15) is 14.4 Å². The number of nitrogens with zero attached hydrogens (tertiary/aromatic N) is 2. The quantitative estimate of drug-likeness (QED) is 0.452. The fourth-order valence-electron chi connectivity index (χ4n) is 3.75. The fourth-order valence-corrected chi connectivity index (χ4v) is 3.75. The lowest BCUT2D eigenvalue weighted by Gasteiger charge is -2.40. The van der Waals surface area contributed by atoms with Gasteiger partial charge in [-0.15, -0.1) is 0 Å². The highest BCUT2D eigenvalue weighted by Crippen LogP contribution is 2.38. The van der Waals surface area contributed by atoms with Gasteiger partial charge in [0, 0.05) is 18.7 Å². The number of amides is 1. The maximum Gasteiger partial charge on any atom is 0.311 e. The molecule has 0 unspecified atom stereocenters. The molecule has 8 heteroatoms. The number of rotatable bonds is 10. The lowest BCUT2D eigenvalue weighted by atomic mass is 9.84.